The number of rotatable bonds is 2. The Kier molecular flexibility index (Phi) is 6.64. The van der Waals surface area contributed by atoms with Crippen LogP contribution in [0, 0.1) is 0 Å². The average molecular weight is 167 g/mol. The number of nitrogens with one attached hydrogen (secondary N) is 1. The highest BCUT2D eigenvalue weighted by Gasteiger charge is 2.06. The van der Waals surface area contributed by atoms with Crippen LogP contribution in [-0.2, 0) is 4.74 Å². The molecule has 12 heavy (non-hydrogen) atoms. The van der Waals surface area contributed by atoms with E-state index in [2.05, 4.69) is 23.2 Å². The van der Waals surface area contributed by atoms with Crippen molar-refractivity contribution in [2.24, 2.45) is 0 Å². The minimum Gasteiger partial charge on any atom is -0.448 e. The van der Waals surface area contributed by atoms with E-state index in [1.165, 1.54) is 0 Å². The van der Waals surface area contributed by atoms with E-state index in [4.69, 9.17) is 0 Å². The molecule has 0 radical (unpaired) electrons. The fourth-order valence-electron chi connectivity index (χ4n) is 0.505. The van der Waals surface area contributed by atoms with Gasteiger partial charge < -0.3 is 10.1 Å². The van der Waals surface area contributed by atoms with Gasteiger partial charge in [0.05, 0.1) is 6.54 Å². The summed E-state index contributed by atoms with van der Waals surface area (Å²) in [5, 5.41) is 2.46. The molecule has 0 spiro atoms. The van der Waals surface area contributed by atoms with Crippen LogP contribution in [0.1, 0.15) is 0 Å². The Morgan fingerprint density at radius 2 is 1.92 bits per heavy atom. The molecule has 1 N–H and O–H groups in total. The number of cyclic esters (lactones) is 1. The second-order valence-corrected chi connectivity index (χ2v) is 1.92. The average Bonchev–Trinajstić information content (AvgIpc) is 2.53. The lowest BCUT2D eigenvalue weighted by molar-refractivity contribution is 0.178. The second kappa shape index (κ2) is 7.60. The first-order valence-corrected chi connectivity index (χ1v) is 3.62. The molecule has 1 aliphatic rings. The number of ether oxygens (including phenoxy) is 1. The molecule has 0 bridgehead atoms. The summed E-state index contributed by atoms with van der Waals surface area (Å²) in [6, 6.07) is 0. The molecule has 0 aromatic rings. The second-order valence-electron chi connectivity index (χ2n) is 1.92. The number of carbonyl (C=O) groups excluding carboxylic acids is 1. The van der Waals surface area contributed by atoms with Crippen LogP contribution in [0.15, 0.2) is 37.5 Å². The van der Waals surface area contributed by atoms with Crippen LogP contribution in [-0.4, -0.2) is 19.2 Å². The van der Waals surface area contributed by atoms with Gasteiger partial charge in [-0.2, -0.15) is 0 Å². The Balaban J connectivity index is 0.000000202. The van der Waals surface area contributed by atoms with Crippen molar-refractivity contribution in [3.8, 4) is 0 Å². The molecular formula is C9H13NO2. The smallest absolute Gasteiger partial charge is 0.407 e. The van der Waals surface area contributed by atoms with E-state index in [-0.39, 0.29) is 6.09 Å². The molecule has 1 aliphatic heterocycles. The van der Waals surface area contributed by atoms with Crippen LogP contribution in [0.3, 0.4) is 0 Å². The molecule has 1 saturated heterocycles. The maximum Gasteiger partial charge on any atom is 0.407 e. The molecule has 66 valence electrons. The lowest BCUT2D eigenvalue weighted by Crippen LogP contribution is -2.11. The van der Waals surface area contributed by atoms with Gasteiger partial charge in [0.1, 0.15) is 6.61 Å². The van der Waals surface area contributed by atoms with Crippen molar-refractivity contribution in [1.29, 1.82) is 0 Å². The van der Waals surface area contributed by atoms with Gasteiger partial charge in [-0.3, -0.25) is 0 Å². The quantitative estimate of drug-likeness (QED) is 0.635. The van der Waals surface area contributed by atoms with Gasteiger partial charge in [0.15, 0.2) is 0 Å². The predicted molar refractivity (Wildman–Crippen MR) is 48.9 cm³/mol. The molecule has 1 fully saturated rings. The van der Waals surface area contributed by atoms with Crippen molar-refractivity contribution in [3.05, 3.63) is 37.5 Å². The first kappa shape index (κ1) is 10.5. The zero-order chi connectivity index (χ0) is 9.23. The number of amides is 1. The molecule has 3 nitrogen and oxygen atoms in total. The maximum atomic E-state index is 9.91. The van der Waals surface area contributed by atoms with Crippen LogP contribution in [0.4, 0.5) is 4.79 Å². The van der Waals surface area contributed by atoms with E-state index in [1.54, 1.807) is 12.2 Å². The SMILES string of the molecule is C=C/C=C\C=C.O=C1NCCO1. The zero-order valence-corrected chi connectivity index (χ0v) is 6.95. The summed E-state index contributed by atoms with van der Waals surface area (Å²) in [4.78, 5) is 9.91. The molecular weight excluding hydrogens is 154 g/mol. The fourth-order valence-corrected chi connectivity index (χ4v) is 0.505. The highest BCUT2D eigenvalue weighted by molar-refractivity contribution is 5.68. The Morgan fingerprint density at radius 1 is 1.33 bits per heavy atom. The topological polar surface area (TPSA) is 38.3 Å². The summed E-state index contributed by atoms with van der Waals surface area (Å²) in [5.41, 5.74) is 0. The summed E-state index contributed by atoms with van der Waals surface area (Å²) < 4.78 is 4.40. The van der Waals surface area contributed by atoms with Crippen molar-refractivity contribution in [1.82, 2.24) is 5.32 Å². The fraction of sp³-hybridized carbons (Fsp3) is 0.222. The highest BCUT2D eigenvalue weighted by atomic mass is 16.6. The maximum absolute atomic E-state index is 9.91. The van der Waals surface area contributed by atoms with Crippen molar-refractivity contribution >= 4 is 6.09 Å². The van der Waals surface area contributed by atoms with Crippen molar-refractivity contribution < 1.29 is 9.53 Å². The summed E-state index contributed by atoms with van der Waals surface area (Å²) >= 11 is 0. The molecule has 0 atom stereocenters. The van der Waals surface area contributed by atoms with E-state index >= 15 is 0 Å². The zero-order valence-electron chi connectivity index (χ0n) is 6.95. The molecule has 0 saturated carbocycles. The number of hydrogen-bond donors (Lipinski definition) is 1. The third-order valence-electron chi connectivity index (χ3n) is 0.988. The Labute approximate surface area is 72.4 Å². The number of alkyl carbamates (subject to hydrolysis) is 1. The minimum absolute atomic E-state index is 0.296. The molecule has 3 heteroatoms. The number of allylic oxidation sites excluding steroid dienone is 4. The van der Waals surface area contributed by atoms with E-state index in [9.17, 15) is 4.79 Å². The number of carbonyl (C=O) groups is 1. The first-order valence-electron chi connectivity index (χ1n) is 3.62. The van der Waals surface area contributed by atoms with Gasteiger partial charge >= 0.3 is 6.09 Å². The van der Waals surface area contributed by atoms with Gasteiger partial charge in [0.25, 0.3) is 0 Å². The highest BCUT2D eigenvalue weighted by Crippen LogP contribution is 1.82. The molecule has 1 amide bonds. The molecule has 0 aromatic carbocycles. The van der Waals surface area contributed by atoms with Gasteiger partial charge in [0.2, 0.25) is 0 Å². The normalized spacial score (nSPS) is 14.2. The summed E-state index contributed by atoms with van der Waals surface area (Å²) in [5.74, 6) is 0. The van der Waals surface area contributed by atoms with E-state index in [0.29, 0.717) is 13.2 Å². The molecule has 0 aliphatic carbocycles. The first-order chi connectivity index (χ1) is 5.81. The summed E-state index contributed by atoms with van der Waals surface area (Å²) in [7, 11) is 0. The third kappa shape index (κ3) is 6.61. The summed E-state index contributed by atoms with van der Waals surface area (Å²) in [6.45, 7) is 8.12. The monoisotopic (exact) mass is 167 g/mol. The lowest BCUT2D eigenvalue weighted by Gasteiger charge is -1.80. The van der Waals surface area contributed by atoms with Gasteiger partial charge in [-0.05, 0) is 0 Å². The third-order valence-corrected chi connectivity index (χ3v) is 0.988. The van der Waals surface area contributed by atoms with Gasteiger partial charge in [-0.25, -0.2) is 4.79 Å². The standard InChI is InChI=1S/C6H8.C3H5NO2/c1-3-5-6-4-2;5-3-4-1-2-6-3/h3-6H,1-2H2;1-2H2,(H,4,5)/b6-5-;. The summed E-state index contributed by atoms with van der Waals surface area (Å²) in [6.07, 6.45) is 6.78. The molecule has 1 rings (SSSR count). The largest absolute Gasteiger partial charge is 0.448 e. The number of hydrogen-bond acceptors (Lipinski definition) is 2. The Morgan fingerprint density at radius 3 is 2.08 bits per heavy atom. The van der Waals surface area contributed by atoms with Gasteiger partial charge in [0, 0.05) is 0 Å². The Hall–Kier alpha value is -1.51. The molecule has 1 heterocycles. The van der Waals surface area contributed by atoms with E-state index in [1.807, 2.05) is 12.2 Å². The van der Waals surface area contributed by atoms with Crippen LogP contribution >= 0.6 is 0 Å². The van der Waals surface area contributed by atoms with Gasteiger partial charge in [-0.15, -0.1) is 0 Å². The predicted octanol–water partition coefficient (Wildman–Crippen LogP) is 1.64. The molecule has 0 unspecified atom stereocenters. The van der Waals surface area contributed by atoms with E-state index < -0.39 is 0 Å². The van der Waals surface area contributed by atoms with Crippen LogP contribution in [0.5, 0.6) is 0 Å². The van der Waals surface area contributed by atoms with Crippen molar-refractivity contribution in [2.75, 3.05) is 13.2 Å². The minimum atomic E-state index is -0.296. The van der Waals surface area contributed by atoms with Crippen LogP contribution in [0.25, 0.3) is 0 Å². The van der Waals surface area contributed by atoms with Crippen molar-refractivity contribution in [3.63, 3.8) is 0 Å². The van der Waals surface area contributed by atoms with Crippen molar-refractivity contribution in [2.45, 2.75) is 0 Å². The molecule has 0 aromatic heterocycles. The van der Waals surface area contributed by atoms with Gasteiger partial charge in [-0.1, -0.05) is 37.5 Å². The van der Waals surface area contributed by atoms with Crippen LogP contribution < -0.4 is 5.32 Å². The van der Waals surface area contributed by atoms with Crippen LogP contribution in [0.2, 0.25) is 0 Å². The lowest BCUT2D eigenvalue weighted by atomic mass is 10.5. The Bertz CT molecular complexity index is 167. The van der Waals surface area contributed by atoms with E-state index in [0.717, 1.165) is 0 Å².